The van der Waals surface area contributed by atoms with E-state index in [2.05, 4.69) is 0 Å². The molecule has 0 aliphatic carbocycles. The molecule has 1 aromatic carbocycles. The van der Waals surface area contributed by atoms with Gasteiger partial charge in [0.1, 0.15) is 17.7 Å². The van der Waals surface area contributed by atoms with E-state index in [1.807, 2.05) is 0 Å². The van der Waals surface area contributed by atoms with Crippen molar-refractivity contribution in [3.8, 4) is 5.75 Å². The first-order valence-electron chi connectivity index (χ1n) is 4.13. The number of methoxy groups -OCH3 is 1. The van der Waals surface area contributed by atoms with Crippen molar-refractivity contribution in [3.63, 3.8) is 0 Å². The highest BCUT2D eigenvalue weighted by molar-refractivity contribution is 8.13. The molecule has 0 fully saturated rings. The number of benzene rings is 1. The van der Waals surface area contributed by atoms with Gasteiger partial charge in [0.25, 0.3) is 0 Å². The summed E-state index contributed by atoms with van der Waals surface area (Å²) in [6, 6.07) is 6.15. The third kappa shape index (κ3) is 4.05. The number of rotatable bonds is 4. The van der Waals surface area contributed by atoms with E-state index in [0.717, 1.165) is 0 Å². The van der Waals surface area contributed by atoms with Gasteiger partial charge in [0, 0.05) is 10.7 Å². The van der Waals surface area contributed by atoms with Gasteiger partial charge in [-0.15, -0.1) is 0 Å². The fourth-order valence-corrected chi connectivity index (χ4v) is 1.98. The van der Waals surface area contributed by atoms with E-state index in [-0.39, 0.29) is 5.56 Å². The van der Waals surface area contributed by atoms with Crippen LogP contribution < -0.4 is 4.74 Å². The topological polar surface area (TPSA) is 43.4 Å². The van der Waals surface area contributed by atoms with Gasteiger partial charge in [-0.2, -0.15) is 0 Å². The maximum absolute atomic E-state index is 13.4. The average molecular weight is 253 g/mol. The molecule has 0 aromatic heterocycles. The van der Waals surface area contributed by atoms with Crippen LogP contribution in [-0.4, -0.2) is 21.3 Å². The van der Waals surface area contributed by atoms with Crippen LogP contribution in [0.2, 0.25) is 0 Å². The summed E-state index contributed by atoms with van der Waals surface area (Å²) in [6.07, 6.45) is -1.64. The van der Waals surface area contributed by atoms with Gasteiger partial charge in [0.05, 0.1) is 7.11 Å². The van der Waals surface area contributed by atoms with Crippen molar-refractivity contribution in [2.24, 2.45) is 0 Å². The van der Waals surface area contributed by atoms with Crippen molar-refractivity contribution in [1.82, 2.24) is 0 Å². The minimum atomic E-state index is -3.83. The fourth-order valence-electron chi connectivity index (χ4n) is 1.11. The number of halogens is 2. The standard InChI is InChI=1S/C9H10ClFO3S/c1-14-8-4-2-3-7(5-8)9(11)6-15(10,12)13/h2-5,9H,6H2,1H3. The molecule has 0 amide bonds. The molecule has 15 heavy (non-hydrogen) atoms. The second kappa shape index (κ2) is 4.81. The molecule has 3 nitrogen and oxygen atoms in total. The van der Waals surface area contributed by atoms with Crippen LogP contribution in [0.5, 0.6) is 5.75 Å². The van der Waals surface area contributed by atoms with Crippen LogP contribution in [0.4, 0.5) is 4.39 Å². The smallest absolute Gasteiger partial charge is 0.235 e. The van der Waals surface area contributed by atoms with Gasteiger partial charge >= 0.3 is 0 Å². The lowest BCUT2D eigenvalue weighted by Gasteiger charge is -2.07. The number of hydrogen-bond donors (Lipinski definition) is 0. The number of alkyl halides is 1. The van der Waals surface area contributed by atoms with Crippen molar-refractivity contribution >= 4 is 19.7 Å². The third-order valence-corrected chi connectivity index (χ3v) is 2.87. The van der Waals surface area contributed by atoms with E-state index in [1.165, 1.54) is 19.2 Å². The summed E-state index contributed by atoms with van der Waals surface area (Å²) in [4.78, 5) is 0. The molecule has 0 radical (unpaired) electrons. The van der Waals surface area contributed by atoms with E-state index in [1.54, 1.807) is 12.1 Å². The van der Waals surface area contributed by atoms with E-state index >= 15 is 0 Å². The molecule has 0 aliphatic heterocycles. The summed E-state index contributed by atoms with van der Waals surface area (Å²) >= 11 is 0. The molecule has 1 atom stereocenters. The summed E-state index contributed by atoms with van der Waals surface area (Å²) in [5.74, 6) is -0.260. The Hall–Kier alpha value is -0.810. The minimum Gasteiger partial charge on any atom is -0.497 e. The summed E-state index contributed by atoms with van der Waals surface area (Å²) in [7, 11) is 2.57. The Morgan fingerprint density at radius 1 is 1.53 bits per heavy atom. The van der Waals surface area contributed by atoms with Gasteiger partial charge in [0.15, 0.2) is 0 Å². The zero-order chi connectivity index (χ0) is 11.5. The average Bonchev–Trinajstić information content (AvgIpc) is 2.15. The maximum atomic E-state index is 13.4. The lowest BCUT2D eigenvalue weighted by molar-refractivity contribution is 0.371. The molecule has 0 saturated heterocycles. The lowest BCUT2D eigenvalue weighted by atomic mass is 10.1. The molecule has 0 N–H and O–H groups in total. The Morgan fingerprint density at radius 3 is 2.73 bits per heavy atom. The molecule has 1 rings (SSSR count). The molecular weight excluding hydrogens is 243 g/mol. The van der Waals surface area contributed by atoms with Gasteiger partial charge < -0.3 is 4.74 Å². The molecule has 0 spiro atoms. The van der Waals surface area contributed by atoms with Crippen molar-refractivity contribution < 1.29 is 17.5 Å². The second-order valence-electron chi connectivity index (χ2n) is 2.95. The first kappa shape index (κ1) is 12.3. The zero-order valence-electron chi connectivity index (χ0n) is 7.98. The van der Waals surface area contributed by atoms with E-state index in [4.69, 9.17) is 15.4 Å². The second-order valence-corrected chi connectivity index (χ2v) is 5.77. The van der Waals surface area contributed by atoms with E-state index in [0.29, 0.717) is 5.75 Å². The van der Waals surface area contributed by atoms with Gasteiger partial charge in [0.2, 0.25) is 9.05 Å². The largest absolute Gasteiger partial charge is 0.497 e. The Balaban J connectivity index is 2.86. The van der Waals surface area contributed by atoms with Crippen LogP contribution >= 0.6 is 10.7 Å². The molecule has 0 heterocycles. The zero-order valence-corrected chi connectivity index (χ0v) is 9.56. The van der Waals surface area contributed by atoms with Crippen molar-refractivity contribution in [3.05, 3.63) is 29.8 Å². The highest BCUT2D eigenvalue weighted by Gasteiger charge is 2.18. The SMILES string of the molecule is COc1cccc(C(F)CS(=O)(=O)Cl)c1. The Kier molecular flexibility index (Phi) is 3.93. The predicted octanol–water partition coefficient (Wildman–Crippen LogP) is 2.27. The fraction of sp³-hybridized carbons (Fsp3) is 0.333. The van der Waals surface area contributed by atoms with Gasteiger partial charge in [-0.05, 0) is 17.7 Å². The quantitative estimate of drug-likeness (QED) is 0.772. The van der Waals surface area contributed by atoms with Crippen LogP contribution in [0.15, 0.2) is 24.3 Å². The predicted molar refractivity (Wildman–Crippen MR) is 56.5 cm³/mol. The number of ether oxygens (including phenoxy) is 1. The van der Waals surface area contributed by atoms with Crippen molar-refractivity contribution in [1.29, 1.82) is 0 Å². The molecule has 6 heteroatoms. The summed E-state index contributed by atoms with van der Waals surface area (Å²) in [5, 5.41) is 0. The van der Waals surface area contributed by atoms with Crippen LogP contribution in [0.3, 0.4) is 0 Å². The first-order valence-corrected chi connectivity index (χ1v) is 6.60. The van der Waals surface area contributed by atoms with E-state index in [9.17, 15) is 12.8 Å². The Labute approximate surface area is 92.2 Å². The Bertz CT molecular complexity index is 433. The molecular formula is C9H10ClFO3S. The van der Waals surface area contributed by atoms with Gasteiger partial charge in [-0.3, -0.25) is 0 Å². The van der Waals surface area contributed by atoms with Gasteiger partial charge in [-0.25, -0.2) is 12.8 Å². The summed E-state index contributed by atoms with van der Waals surface area (Å²) < 4.78 is 39.6. The molecule has 0 aliphatic rings. The molecule has 1 aromatic rings. The summed E-state index contributed by atoms with van der Waals surface area (Å²) in [5.41, 5.74) is 0.235. The van der Waals surface area contributed by atoms with Crippen molar-refractivity contribution in [2.75, 3.05) is 12.9 Å². The van der Waals surface area contributed by atoms with Gasteiger partial charge in [-0.1, -0.05) is 12.1 Å². The lowest BCUT2D eigenvalue weighted by Crippen LogP contribution is -2.05. The van der Waals surface area contributed by atoms with E-state index < -0.39 is 21.0 Å². The molecule has 0 bridgehead atoms. The maximum Gasteiger partial charge on any atom is 0.235 e. The van der Waals surface area contributed by atoms with Crippen molar-refractivity contribution in [2.45, 2.75) is 6.17 Å². The normalized spacial score (nSPS) is 13.5. The highest BCUT2D eigenvalue weighted by Crippen LogP contribution is 2.24. The Morgan fingerprint density at radius 2 is 2.20 bits per heavy atom. The monoisotopic (exact) mass is 252 g/mol. The van der Waals surface area contributed by atoms with Crippen LogP contribution in [0.1, 0.15) is 11.7 Å². The molecule has 1 unspecified atom stereocenters. The van der Waals surface area contributed by atoms with Crippen LogP contribution in [-0.2, 0) is 9.05 Å². The first-order chi connectivity index (χ1) is 6.92. The van der Waals surface area contributed by atoms with Crippen LogP contribution in [0.25, 0.3) is 0 Å². The highest BCUT2D eigenvalue weighted by atomic mass is 35.7. The number of hydrogen-bond acceptors (Lipinski definition) is 3. The van der Waals surface area contributed by atoms with Crippen LogP contribution in [0, 0.1) is 0 Å². The summed E-state index contributed by atoms with van der Waals surface area (Å²) in [6.45, 7) is 0. The minimum absolute atomic E-state index is 0.235. The molecule has 0 saturated carbocycles. The third-order valence-electron chi connectivity index (χ3n) is 1.80. The molecule has 84 valence electrons.